The molecule has 1 aliphatic rings. The molecule has 4 aromatic rings. The molecule has 0 atom stereocenters. The Labute approximate surface area is 247 Å². The molecule has 0 unspecified atom stereocenters. The van der Waals surface area contributed by atoms with E-state index in [9.17, 15) is 19.5 Å². The lowest BCUT2D eigenvalue weighted by Gasteiger charge is -2.34. The number of hydrogen-bond donors (Lipinski definition) is 3. The molecule has 2 aromatic carbocycles. The lowest BCUT2D eigenvalue weighted by atomic mass is 10.1. The molecular weight excluding hydrogens is 552 g/mol. The van der Waals surface area contributed by atoms with E-state index in [4.69, 9.17) is 5.73 Å². The van der Waals surface area contributed by atoms with Gasteiger partial charge in [0.05, 0.1) is 12.8 Å². The van der Waals surface area contributed by atoms with Crippen LogP contribution in [-0.4, -0.2) is 90.0 Å². The molecule has 2 aromatic heterocycles. The summed E-state index contributed by atoms with van der Waals surface area (Å²) in [5.74, 6) is -0.727. The normalized spacial score (nSPS) is 13.9. The maximum Gasteiger partial charge on any atom is 0.352 e. The van der Waals surface area contributed by atoms with E-state index in [0.717, 1.165) is 47.4 Å². The van der Waals surface area contributed by atoms with Gasteiger partial charge in [0.25, 0.3) is 11.8 Å². The molecule has 14 nitrogen and oxygen atoms in total. The summed E-state index contributed by atoms with van der Waals surface area (Å²) in [7, 11) is 1.44. The smallest absolute Gasteiger partial charge is 0.352 e. The number of allylic oxidation sites excluding steroid dienone is 1. The minimum absolute atomic E-state index is 0.0600. The number of benzene rings is 2. The summed E-state index contributed by atoms with van der Waals surface area (Å²) >= 11 is 0. The second-order valence-corrected chi connectivity index (χ2v) is 9.83. The third-order valence-electron chi connectivity index (χ3n) is 6.72. The van der Waals surface area contributed by atoms with E-state index in [-0.39, 0.29) is 23.0 Å². The molecule has 4 N–H and O–H groups in total. The number of primary amides is 1. The zero-order chi connectivity index (χ0) is 30.8. The van der Waals surface area contributed by atoms with Crippen molar-refractivity contribution in [3.8, 4) is 5.75 Å². The monoisotopic (exact) mass is 586 g/mol. The second-order valence-electron chi connectivity index (χ2n) is 9.83. The number of carbonyl (C=O) groups is 2. The Hall–Kier alpha value is -5.21. The summed E-state index contributed by atoms with van der Waals surface area (Å²) in [5.41, 5.74) is 9.81. The van der Waals surface area contributed by atoms with E-state index in [1.165, 1.54) is 25.2 Å². The SMILES string of the molecule is C=CCc1cccc(/C=N/NC(=O)CN2CCN(Cc3ccccc3)CC2)c1O.Cn1nnc2c(C(N)=O)ncn2c1=O. The first-order valence-electron chi connectivity index (χ1n) is 13.6. The van der Waals surface area contributed by atoms with Crippen molar-refractivity contribution in [2.75, 3.05) is 32.7 Å². The van der Waals surface area contributed by atoms with Crippen LogP contribution in [0.1, 0.15) is 27.2 Å². The van der Waals surface area contributed by atoms with Crippen LogP contribution in [0.3, 0.4) is 0 Å². The number of aromatic nitrogens is 5. The van der Waals surface area contributed by atoms with Gasteiger partial charge in [0.15, 0.2) is 11.3 Å². The van der Waals surface area contributed by atoms with Crippen LogP contribution in [-0.2, 0) is 24.8 Å². The van der Waals surface area contributed by atoms with Crippen LogP contribution in [0.25, 0.3) is 5.65 Å². The van der Waals surface area contributed by atoms with E-state index in [1.54, 1.807) is 12.1 Å². The summed E-state index contributed by atoms with van der Waals surface area (Å²) < 4.78 is 2.13. The van der Waals surface area contributed by atoms with Crippen molar-refractivity contribution in [3.05, 3.63) is 100 Å². The Morgan fingerprint density at radius 1 is 1.09 bits per heavy atom. The molecule has 1 aliphatic heterocycles. The lowest BCUT2D eigenvalue weighted by molar-refractivity contribution is -0.122. The fourth-order valence-electron chi connectivity index (χ4n) is 4.45. The summed E-state index contributed by atoms with van der Waals surface area (Å²) in [4.78, 5) is 42.6. The fourth-order valence-corrected chi connectivity index (χ4v) is 4.45. The van der Waals surface area contributed by atoms with E-state index in [2.05, 4.69) is 66.5 Å². The number of hydrogen-bond acceptors (Lipinski definition) is 10. The topological polar surface area (TPSA) is 176 Å². The number of amides is 2. The van der Waals surface area contributed by atoms with Gasteiger partial charge in [-0.1, -0.05) is 53.8 Å². The summed E-state index contributed by atoms with van der Waals surface area (Å²) in [6.07, 6.45) is 4.97. The van der Waals surface area contributed by atoms with Gasteiger partial charge in [-0.15, -0.1) is 11.7 Å². The van der Waals surface area contributed by atoms with Crippen LogP contribution in [0.2, 0.25) is 0 Å². The molecule has 2 amide bonds. The largest absolute Gasteiger partial charge is 0.507 e. The van der Waals surface area contributed by atoms with Gasteiger partial charge in [-0.3, -0.25) is 19.4 Å². The molecule has 43 heavy (non-hydrogen) atoms. The highest BCUT2D eigenvalue weighted by Crippen LogP contribution is 2.21. The highest BCUT2D eigenvalue weighted by molar-refractivity contribution is 5.96. The van der Waals surface area contributed by atoms with Crippen LogP contribution < -0.4 is 16.8 Å². The molecule has 1 fully saturated rings. The van der Waals surface area contributed by atoms with Crippen molar-refractivity contribution in [3.63, 3.8) is 0 Å². The van der Waals surface area contributed by atoms with Gasteiger partial charge in [0, 0.05) is 45.3 Å². The molecule has 0 bridgehead atoms. The lowest BCUT2D eigenvalue weighted by Crippen LogP contribution is -2.48. The van der Waals surface area contributed by atoms with Crippen LogP contribution in [0, 0.1) is 0 Å². The third kappa shape index (κ3) is 8.18. The molecule has 0 saturated carbocycles. The second kappa shape index (κ2) is 14.6. The zero-order valence-electron chi connectivity index (χ0n) is 23.8. The number of aromatic hydroxyl groups is 1. The highest BCUT2D eigenvalue weighted by Gasteiger charge is 2.19. The van der Waals surface area contributed by atoms with E-state index >= 15 is 0 Å². The molecule has 14 heteroatoms. The molecule has 224 valence electrons. The first-order valence-corrected chi connectivity index (χ1v) is 13.6. The van der Waals surface area contributed by atoms with Crippen molar-refractivity contribution in [1.29, 1.82) is 0 Å². The number of nitrogens with two attached hydrogens (primary N) is 1. The molecular formula is C29H34N10O4. The Morgan fingerprint density at radius 3 is 2.51 bits per heavy atom. The number of nitrogens with one attached hydrogen (secondary N) is 1. The van der Waals surface area contributed by atoms with Crippen LogP contribution in [0.15, 0.2) is 77.4 Å². The fraction of sp³-hybridized carbons (Fsp3) is 0.276. The number of phenolic OH excluding ortho intramolecular Hbond substituents is 1. The number of para-hydroxylation sites is 1. The number of carbonyl (C=O) groups excluding carboxylic acids is 2. The summed E-state index contributed by atoms with van der Waals surface area (Å²) in [6.45, 7) is 8.54. The first-order chi connectivity index (χ1) is 20.8. The number of fused-ring (bicyclic) bond motifs is 1. The van der Waals surface area contributed by atoms with Crippen molar-refractivity contribution >= 4 is 23.7 Å². The van der Waals surface area contributed by atoms with Gasteiger partial charge < -0.3 is 10.8 Å². The van der Waals surface area contributed by atoms with Crippen LogP contribution in [0.5, 0.6) is 5.75 Å². The molecule has 1 saturated heterocycles. The molecule has 3 heterocycles. The van der Waals surface area contributed by atoms with E-state index < -0.39 is 11.6 Å². The Balaban J connectivity index is 0.000000251. The molecule has 5 rings (SSSR count). The van der Waals surface area contributed by atoms with Gasteiger partial charge in [-0.2, -0.15) is 9.78 Å². The van der Waals surface area contributed by atoms with Gasteiger partial charge in [-0.25, -0.2) is 19.6 Å². The standard InChI is InChI=1S/C23H28N4O2.C6H6N6O2/c1-2-7-20-10-6-11-21(23(20)29)16-24-25-22(28)18-27-14-12-26(13-15-27)17-19-8-4-3-5-9-19;1-11-6(14)12-2-8-3(4(7)13)5(12)9-10-11/h2-6,8-11,16,29H,1,7,12-15,17-18H2,(H,25,28);2H,1H3,(H2,7,13)/b24-16+;. The number of imidazole rings is 1. The van der Waals surface area contributed by atoms with Gasteiger partial charge in [0.2, 0.25) is 0 Å². The average Bonchev–Trinajstić information content (AvgIpc) is 3.44. The highest BCUT2D eigenvalue weighted by atomic mass is 16.3. The van der Waals surface area contributed by atoms with Gasteiger partial charge >= 0.3 is 5.69 Å². The maximum atomic E-state index is 12.2. The number of aryl methyl sites for hydroxylation is 1. The summed E-state index contributed by atoms with van der Waals surface area (Å²) in [6, 6.07) is 15.9. The van der Waals surface area contributed by atoms with Crippen LogP contribution in [0.4, 0.5) is 0 Å². The van der Waals surface area contributed by atoms with Gasteiger partial charge in [-0.05, 0) is 23.6 Å². The number of hydrazone groups is 1. The zero-order valence-corrected chi connectivity index (χ0v) is 23.8. The predicted molar refractivity (Wildman–Crippen MR) is 160 cm³/mol. The Bertz CT molecular complexity index is 1660. The number of piperazine rings is 1. The average molecular weight is 587 g/mol. The van der Waals surface area contributed by atoms with Crippen molar-refractivity contribution < 1.29 is 14.7 Å². The van der Waals surface area contributed by atoms with Crippen LogP contribution >= 0.6 is 0 Å². The van der Waals surface area contributed by atoms with E-state index in [1.807, 2.05) is 18.2 Å². The number of rotatable bonds is 9. The van der Waals surface area contributed by atoms with Gasteiger partial charge in [0.1, 0.15) is 12.1 Å². The minimum atomic E-state index is -0.741. The predicted octanol–water partition coefficient (Wildman–Crippen LogP) is 0.311. The Kier molecular flexibility index (Phi) is 10.4. The number of phenols is 1. The van der Waals surface area contributed by atoms with E-state index in [0.29, 0.717) is 18.5 Å². The molecule has 0 aliphatic carbocycles. The van der Waals surface area contributed by atoms with Crippen molar-refractivity contribution in [1.82, 2.24) is 39.6 Å². The minimum Gasteiger partial charge on any atom is -0.507 e. The first kappa shape index (κ1) is 30.7. The third-order valence-corrected chi connectivity index (χ3v) is 6.72. The number of nitrogens with zero attached hydrogens (tertiary/aromatic N) is 8. The summed E-state index contributed by atoms with van der Waals surface area (Å²) in [5, 5.41) is 21.3. The van der Waals surface area contributed by atoms with Crippen molar-refractivity contribution in [2.45, 2.75) is 13.0 Å². The van der Waals surface area contributed by atoms with Crippen molar-refractivity contribution in [2.24, 2.45) is 17.9 Å². The quantitative estimate of drug-likeness (QED) is 0.142. The molecule has 0 spiro atoms. The molecule has 0 radical (unpaired) electrons. The maximum absolute atomic E-state index is 12.2. The Morgan fingerprint density at radius 2 is 1.81 bits per heavy atom.